The number of nitriles is 1. The van der Waals surface area contributed by atoms with E-state index in [0.29, 0.717) is 12.2 Å². The summed E-state index contributed by atoms with van der Waals surface area (Å²) in [6.45, 7) is 3.53. The van der Waals surface area contributed by atoms with Crippen molar-refractivity contribution >= 4 is 0 Å². The third-order valence-corrected chi connectivity index (χ3v) is 2.92. The first kappa shape index (κ1) is 12.3. The third-order valence-electron chi connectivity index (χ3n) is 2.92. The van der Waals surface area contributed by atoms with E-state index in [9.17, 15) is 0 Å². The minimum atomic E-state index is 0.451. The van der Waals surface area contributed by atoms with Crippen LogP contribution in [0.4, 0.5) is 0 Å². The van der Waals surface area contributed by atoms with Crippen molar-refractivity contribution in [2.24, 2.45) is 7.05 Å². The summed E-state index contributed by atoms with van der Waals surface area (Å²) in [4.78, 5) is 3.94. The molecule has 5 heteroatoms. The van der Waals surface area contributed by atoms with Gasteiger partial charge in [0.1, 0.15) is 11.8 Å². The van der Waals surface area contributed by atoms with Crippen LogP contribution in [-0.4, -0.2) is 14.8 Å². The van der Waals surface area contributed by atoms with Crippen molar-refractivity contribution in [3.63, 3.8) is 0 Å². The van der Waals surface area contributed by atoms with Crippen molar-refractivity contribution < 1.29 is 0 Å². The molecule has 2 aromatic rings. The Morgan fingerprint density at radius 3 is 2.94 bits per heavy atom. The number of aromatic nitrogens is 3. The minimum Gasteiger partial charge on any atom is -0.308 e. The summed E-state index contributed by atoms with van der Waals surface area (Å²) in [5.41, 5.74) is 3.86. The first-order chi connectivity index (χ1) is 8.70. The van der Waals surface area contributed by atoms with Crippen molar-refractivity contribution in [3.8, 4) is 6.07 Å². The standard InChI is InChI=1S/C13H15N5/c1-10-12(9-17-18(10)2)8-15-7-11-3-4-16-13(5-11)6-14/h3-5,9,15H,7-8H2,1-2H3. The average Bonchev–Trinajstić information content (AvgIpc) is 2.71. The highest BCUT2D eigenvalue weighted by molar-refractivity contribution is 5.25. The summed E-state index contributed by atoms with van der Waals surface area (Å²) in [5.74, 6) is 0. The summed E-state index contributed by atoms with van der Waals surface area (Å²) in [7, 11) is 1.93. The second-order valence-electron chi connectivity index (χ2n) is 4.14. The number of nitrogens with zero attached hydrogens (tertiary/aromatic N) is 4. The molecule has 0 amide bonds. The van der Waals surface area contributed by atoms with E-state index in [1.165, 1.54) is 5.56 Å². The molecule has 0 aliphatic rings. The molecule has 0 unspecified atom stereocenters. The van der Waals surface area contributed by atoms with Crippen LogP contribution in [0.3, 0.4) is 0 Å². The van der Waals surface area contributed by atoms with Crippen LogP contribution in [0, 0.1) is 18.3 Å². The maximum Gasteiger partial charge on any atom is 0.140 e. The van der Waals surface area contributed by atoms with Gasteiger partial charge in [0, 0.05) is 37.6 Å². The molecule has 2 heterocycles. The van der Waals surface area contributed by atoms with Crippen LogP contribution in [0.25, 0.3) is 0 Å². The molecule has 2 aromatic heterocycles. The van der Waals surface area contributed by atoms with Crippen LogP contribution in [0.15, 0.2) is 24.5 Å². The lowest BCUT2D eigenvalue weighted by Crippen LogP contribution is -2.13. The smallest absolute Gasteiger partial charge is 0.140 e. The zero-order valence-corrected chi connectivity index (χ0v) is 10.5. The van der Waals surface area contributed by atoms with Crippen LogP contribution >= 0.6 is 0 Å². The van der Waals surface area contributed by atoms with E-state index < -0.39 is 0 Å². The predicted molar refractivity (Wildman–Crippen MR) is 67.4 cm³/mol. The number of hydrogen-bond acceptors (Lipinski definition) is 4. The fraction of sp³-hybridized carbons (Fsp3) is 0.308. The second-order valence-corrected chi connectivity index (χ2v) is 4.14. The van der Waals surface area contributed by atoms with E-state index in [1.54, 1.807) is 12.3 Å². The van der Waals surface area contributed by atoms with Crippen molar-refractivity contribution in [1.29, 1.82) is 5.26 Å². The van der Waals surface area contributed by atoms with Crippen LogP contribution < -0.4 is 5.32 Å². The first-order valence-corrected chi connectivity index (χ1v) is 5.74. The van der Waals surface area contributed by atoms with E-state index >= 15 is 0 Å². The van der Waals surface area contributed by atoms with Gasteiger partial charge in [-0.05, 0) is 24.6 Å². The highest BCUT2D eigenvalue weighted by Gasteiger charge is 2.03. The largest absolute Gasteiger partial charge is 0.308 e. The Bertz CT molecular complexity index is 579. The molecular formula is C13H15N5. The lowest BCUT2D eigenvalue weighted by molar-refractivity contribution is 0.684. The molecule has 0 aliphatic carbocycles. The fourth-order valence-electron chi connectivity index (χ4n) is 1.70. The summed E-state index contributed by atoms with van der Waals surface area (Å²) in [6.07, 6.45) is 3.53. The maximum absolute atomic E-state index is 8.76. The highest BCUT2D eigenvalue weighted by Crippen LogP contribution is 2.06. The average molecular weight is 241 g/mol. The minimum absolute atomic E-state index is 0.451. The number of hydrogen-bond donors (Lipinski definition) is 1. The van der Waals surface area contributed by atoms with Crippen LogP contribution in [-0.2, 0) is 20.1 Å². The normalized spacial score (nSPS) is 10.3. The molecule has 92 valence electrons. The van der Waals surface area contributed by atoms with Gasteiger partial charge in [0.2, 0.25) is 0 Å². The van der Waals surface area contributed by atoms with Gasteiger partial charge in [-0.25, -0.2) is 4.98 Å². The lowest BCUT2D eigenvalue weighted by Gasteiger charge is -2.04. The summed E-state index contributed by atoms with van der Waals surface area (Å²) in [6, 6.07) is 5.74. The fourth-order valence-corrected chi connectivity index (χ4v) is 1.70. The van der Waals surface area contributed by atoms with Crippen molar-refractivity contribution in [2.45, 2.75) is 20.0 Å². The van der Waals surface area contributed by atoms with Crippen LogP contribution in [0.1, 0.15) is 22.5 Å². The Labute approximate surface area is 106 Å². The zero-order chi connectivity index (χ0) is 13.0. The lowest BCUT2D eigenvalue weighted by atomic mass is 10.2. The van der Waals surface area contributed by atoms with E-state index in [-0.39, 0.29) is 0 Å². The van der Waals surface area contributed by atoms with Gasteiger partial charge in [-0.1, -0.05) is 0 Å². The molecule has 0 fully saturated rings. The molecule has 0 spiro atoms. The van der Waals surface area contributed by atoms with Gasteiger partial charge in [0.15, 0.2) is 0 Å². The van der Waals surface area contributed by atoms with Crippen LogP contribution in [0.2, 0.25) is 0 Å². The van der Waals surface area contributed by atoms with Crippen molar-refractivity contribution in [3.05, 3.63) is 47.0 Å². The molecule has 18 heavy (non-hydrogen) atoms. The van der Waals surface area contributed by atoms with E-state index in [1.807, 2.05) is 37.0 Å². The summed E-state index contributed by atoms with van der Waals surface area (Å²) in [5, 5.41) is 16.3. The number of aryl methyl sites for hydroxylation is 1. The molecule has 0 aliphatic heterocycles. The zero-order valence-electron chi connectivity index (χ0n) is 10.5. The van der Waals surface area contributed by atoms with Crippen molar-refractivity contribution in [2.75, 3.05) is 0 Å². The molecule has 0 bridgehead atoms. The quantitative estimate of drug-likeness (QED) is 0.875. The summed E-state index contributed by atoms with van der Waals surface area (Å²) >= 11 is 0. The van der Waals surface area contributed by atoms with Gasteiger partial charge in [-0.15, -0.1) is 0 Å². The Hall–Kier alpha value is -2.19. The van der Waals surface area contributed by atoms with Gasteiger partial charge >= 0.3 is 0 Å². The SMILES string of the molecule is Cc1c(CNCc2ccnc(C#N)c2)cnn1C. The van der Waals surface area contributed by atoms with Gasteiger partial charge in [0.05, 0.1) is 6.20 Å². The maximum atomic E-state index is 8.76. The summed E-state index contributed by atoms with van der Waals surface area (Å²) < 4.78 is 1.86. The molecule has 0 radical (unpaired) electrons. The topological polar surface area (TPSA) is 66.5 Å². The highest BCUT2D eigenvalue weighted by atomic mass is 15.3. The van der Waals surface area contributed by atoms with Gasteiger partial charge in [-0.3, -0.25) is 4.68 Å². The first-order valence-electron chi connectivity index (χ1n) is 5.74. The molecular weight excluding hydrogens is 226 g/mol. The molecule has 2 rings (SSSR count). The molecule has 0 saturated carbocycles. The number of nitrogens with one attached hydrogen (secondary N) is 1. The van der Waals surface area contributed by atoms with Gasteiger partial charge in [-0.2, -0.15) is 10.4 Å². The Morgan fingerprint density at radius 1 is 1.44 bits per heavy atom. The molecule has 0 aromatic carbocycles. The van der Waals surface area contributed by atoms with E-state index in [4.69, 9.17) is 5.26 Å². The van der Waals surface area contributed by atoms with Gasteiger partial charge < -0.3 is 5.32 Å². The van der Waals surface area contributed by atoms with Crippen molar-refractivity contribution in [1.82, 2.24) is 20.1 Å². The molecule has 1 N–H and O–H groups in total. The Morgan fingerprint density at radius 2 is 2.28 bits per heavy atom. The number of pyridine rings is 1. The van der Waals surface area contributed by atoms with E-state index in [2.05, 4.69) is 15.4 Å². The Balaban J connectivity index is 1.92. The number of rotatable bonds is 4. The molecule has 0 saturated heterocycles. The predicted octanol–water partition coefficient (Wildman–Crippen LogP) is 1.28. The second kappa shape index (κ2) is 5.43. The van der Waals surface area contributed by atoms with Crippen LogP contribution in [0.5, 0.6) is 0 Å². The van der Waals surface area contributed by atoms with E-state index in [0.717, 1.165) is 17.8 Å². The molecule has 5 nitrogen and oxygen atoms in total. The molecule has 0 atom stereocenters. The monoisotopic (exact) mass is 241 g/mol. The Kier molecular flexibility index (Phi) is 3.70. The third kappa shape index (κ3) is 2.73. The van der Waals surface area contributed by atoms with Gasteiger partial charge in [0.25, 0.3) is 0 Å².